The largest absolute Gasteiger partial charge is 0.467 e. The molecule has 0 saturated heterocycles. The van der Waals surface area contributed by atoms with Crippen molar-refractivity contribution in [3.63, 3.8) is 0 Å². The van der Waals surface area contributed by atoms with Crippen molar-refractivity contribution < 1.29 is 4.42 Å². The van der Waals surface area contributed by atoms with Crippen molar-refractivity contribution in [2.45, 2.75) is 6.54 Å². The van der Waals surface area contributed by atoms with Crippen LogP contribution in [0.25, 0.3) is 11.3 Å². The van der Waals surface area contributed by atoms with Gasteiger partial charge in [-0.25, -0.2) is 4.98 Å². The predicted molar refractivity (Wildman–Crippen MR) is 80.4 cm³/mol. The summed E-state index contributed by atoms with van der Waals surface area (Å²) in [7, 11) is 0. The molecule has 1 aromatic carbocycles. The van der Waals surface area contributed by atoms with E-state index in [-0.39, 0.29) is 0 Å². The van der Waals surface area contributed by atoms with Crippen LogP contribution in [0.4, 0.5) is 5.82 Å². The Hall–Kier alpha value is -3.06. The second-order valence-corrected chi connectivity index (χ2v) is 4.50. The molecule has 1 N–H and O–H groups in total. The first-order valence-electron chi connectivity index (χ1n) is 6.59. The second-order valence-electron chi connectivity index (χ2n) is 4.50. The van der Waals surface area contributed by atoms with Crippen LogP contribution in [0.15, 0.2) is 65.3 Å². The number of nitriles is 1. The molecule has 0 unspecified atom stereocenters. The fraction of sp³-hybridized carbons (Fsp3) is 0.0588. The second kappa shape index (κ2) is 5.93. The van der Waals surface area contributed by atoms with Crippen molar-refractivity contribution in [3.05, 3.63) is 72.2 Å². The van der Waals surface area contributed by atoms with Crippen LogP contribution in [0.5, 0.6) is 0 Å². The topological polar surface area (TPSA) is 61.9 Å². The average Bonchev–Trinajstić information content (AvgIpc) is 3.07. The van der Waals surface area contributed by atoms with E-state index < -0.39 is 0 Å². The van der Waals surface area contributed by atoms with Gasteiger partial charge in [0.1, 0.15) is 17.6 Å². The number of hydrogen-bond donors (Lipinski definition) is 1. The zero-order valence-electron chi connectivity index (χ0n) is 11.3. The molecular formula is C17H13N3O. The fourth-order valence-electron chi connectivity index (χ4n) is 2.04. The number of anilines is 1. The minimum Gasteiger partial charge on any atom is -0.467 e. The number of pyridine rings is 1. The number of nitrogens with zero attached hydrogens (tertiary/aromatic N) is 2. The van der Waals surface area contributed by atoms with E-state index in [9.17, 15) is 5.26 Å². The predicted octanol–water partition coefficient (Wildman–Crippen LogP) is 3.83. The Kier molecular flexibility index (Phi) is 3.66. The maximum absolute atomic E-state index is 9.18. The highest BCUT2D eigenvalue weighted by Crippen LogP contribution is 2.21. The van der Waals surface area contributed by atoms with Crippen molar-refractivity contribution in [2.75, 3.05) is 5.32 Å². The third-order valence-corrected chi connectivity index (χ3v) is 3.10. The zero-order valence-corrected chi connectivity index (χ0v) is 11.3. The summed E-state index contributed by atoms with van der Waals surface area (Å²) in [6.07, 6.45) is 1.62. The van der Waals surface area contributed by atoms with Gasteiger partial charge in [-0.15, -0.1) is 0 Å². The summed E-state index contributed by atoms with van der Waals surface area (Å²) in [5.74, 6) is 1.36. The van der Waals surface area contributed by atoms with Gasteiger partial charge in [-0.3, -0.25) is 0 Å². The lowest BCUT2D eigenvalue weighted by Crippen LogP contribution is -2.03. The van der Waals surface area contributed by atoms with Gasteiger partial charge < -0.3 is 9.73 Å². The van der Waals surface area contributed by atoms with Crippen molar-refractivity contribution in [2.24, 2.45) is 0 Å². The molecule has 102 valence electrons. The summed E-state index contributed by atoms with van der Waals surface area (Å²) >= 11 is 0. The van der Waals surface area contributed by atoms with E-state index in [0.717, 1.165) is 17.0 Å². The first-order chi connectivity index (χ1) is 10.4. The molecule has 2 aromatic heterocycles. The van der Waals surface area contributed by atoms with Crippen LogP contribution < -0.4 is 5.32 Å². The number of aromatic nitrogens is 1. The van der Waals surface area contributed by atoms with Crippen LogP contribution >= 0.6 is 0 Å². The van der Waals surface area contributed by atoms with Crippen molar-refractivity contribution in [3.8, 4) is 17.3 Å². The van der Waals surface area contributed by atoms with Crippen LogP contribution in [-0.4, -0.2) is 4.98 Å². The summed E-state index contributed by atoms with van der Waals surface area (Å²) in [5, 5.41) is 12.3. The normalized spacial score (nSPS) is 10.0. The highest BCUT2D eigenvalue weighted by Gasteiger charge is 2.07. The first-order valence-corrected chi connectivity index (χ1v) is 6.59. The molecule has 0 bridgehead atoms. The molecule has 0 aliphatic rings. The van der Waals surface area contributed by atoms with Gasteiger partial charge in [0.15, 0.2) is 0 Å². The molecule has 3 rings (SSSR count). The SMILES string of the molecule is N#Cc1ccc(-c2ccccc2)nc1NCc1ccco1. The molecule has 2 heterocycles. The highest BCUT2D eigenvalue weighted by atomic mass is 16.3. The van der Waals surface area contributed by atoms with E-state index in [4.69, 9.17) is 4.42 Å². The van der Waals surface area contributed by atoms with E-state index >= 15 is 0 Å². The third kappa shape index (κ3) is 2.93. The highest BCUT2D eigenvalue weighted by molar-refractivity contribution is 5.64. The molecule has 0 fully saturated rings. The van der Waals surface area contributed by atoms with E-state index in [0.29, 0.717) is 17.9 Å². The molecule has 0 spiro atoms. The molecule has 4 nitrogen and oxygen atoms in total. The Bertz CT molecular complexity index is 758. The van der Waals surface area contributed by atoms with Crippen LogP contribution in [0.3, 0.4) is 0 Å². The van der Waals surface area contributed by atoms with E-state index in [1.807, 2.05) is 48.5 Å². The summed E-state index contributed by atoms with van der Waals surface area (Å²) < 4.78 is 5.27. The number of rotatable bonds is 4. The fourth-order valence-corrected chi connectivity index (χ4v) is 2.04. The molecule has 0 aliphatic carbocycles. The van der Waals surface area contributed by atoms with Crippen LogP contribution in [0.2, 0.25) is 0 Å². The van der Waals surface area contributed by atoms with Gasteiger partial charge in [-0.05, 0) is 24.3 Å². The Morgan fingerprint density at radius 1 is 1.05 bits per heavy atom. The first kappa shape index (κ1) is 12.9. The molecule has 0 radical (unpaired) electrons. The van der Waals surface area contributed by atoms with Crippen LogP contribution in [0, 0.1) is 11.3 Å². The summed E-state index contributed by atoms with van der Waals surface area (Å²) in [6, 6.07) is 19.4. The molecule has 4 heteroatoms. The van der Waals surface area contributed by atoms with E-state index in [1.165, 1.54) is 0 Å². The monoisotopic (exact) mass is 275 g/mol. The lowest BCUT2D eigenvalue weighted by molar-refractivity contribution is 0.518. The number of benzene rings is 1. The van der Waals surface area contributed by atoms with Gasteiger partial charge in [-0.2, -0.15) is 5.26 Å². The maximum Gasteiger partial charge on any atom is 0.145 e. The average molecular weight is 275 g/mol. The van der Waals surface area contributed by atoms with Crippen LogP contribution in [0.1, 0.15) is 11.3 Å². The molecule has 0 amide bonds. The lowest BCUT2D eigenvalue weighted by Gasteiger charge is -2.08. The Balaban J connectivity index is 1.89. The van der Waals surface area contributed by atoms with Gasteiger partial charge in [0.2, 0.25) is 0 Å². The summed E-state index contributed by atoms with van der Waals surface area (Å²) in [4.78, 5) is 4.54. The molecule has 0 saturated carbocycles. The molecule has 0 atom stereocenters. The molecule has 21 heavy (non-hydrogen) atoms. The Labute approximate surface area is 122 Å². The molecule has 0 aliphatic heterocycles. The number of hydrogen-bond acceptors (Lipinski definition) is 4. The zero-order chi connectivity index (χ0) is 14.5. The summed E-state index contributed by atoms with van der Waals surface area (Å²) in [5.41, 5.74) is 2.36. The lowest BCUT2D eigenvalue weighted by atomic mass is 10.1. The van der Waals surface area contributed by atoms with Crippen molar-refractivity contribution in [1.82, 2.24) is 4.98 Å². The van der Waals surface area contributed by atoms with E-state index in [2.05, 4.69) is 16.4 Å². The van der Waals surface area contributed by atoms with Gasteiger partial charge >= 0.3 is 0 Å². The Morgan fingerprint density at radius 2 is 1.90 bits per heavy atom. The van der Waals surface area contributed by atoms with Crippen molar-refractivity contribution >= 4 is 5.82 Å². The smallest absolute Gasteiger partial charge is 0.145 e. The Morgan fingerprint density at radius 3 is 2.62 bits per heavy atom. The van der Waals surface area contributed by atoms with Crippen molar-refractivity contribution in [1.29, 1.82) is 5.26 Å². The minimum absolute atomic E-state index is 0.493. The van der Waals surface area contributed by atoms with Gasteiger partial charge in [0.25, 0.3) is 0 Å². The third-order valence-electron chi connectivity index (χ3n) is 3.10. The van der Waals surface area contributed by atoms with Gasteiger partial charge in [0.05, 0.1) is 24.1 Å². The summed E-state index contributed by atoms with van der Waals surface area (Å²) in [6.45, 7) is 0.493. The number of furan rings is 1. The quantitative estimate of drug-likeness (QED) is 0.786. The molecule has 3 aromatic rings. The standard InChI is InChI=1S/C17H13N3O/c18-11-14-8-9-16(13-5-2-1-3-6-13)20-17(14)19-12-15-7-4-10-21-15/h1-10H,12H2,(H,19,20). The maximum atomic E-state index is 9.18. The minimum atomic E-state index is 0.493. The van der Waals surface area contributed by atoms with Crippen LogP contribution in [-0.2, 0) is 6.54 Å². The molecular weight excluding hydrogens is 262 g/mol. The van der Waals surface area contributed by atoms with Gasteiger partial charge in [-0.1, -0.05) is 30.3 Å². The number of nitrogens with one attached hydrogen (secondary N) is 1. The van der Waals surface area contributed by atoms with E-state index in [1.54, 1.807) is 12.3 Å². The van der Waals surface area contributed by atoms with Gasteiger partial charge in [0, 0.05) is 5.56 Å².